The number of benzene rings is 1. The SMILES string of the molecule is C[C@H](C(=O)NC[C@H]1CCCO1)N(C(=O)c1ccc(-c2ccccc2)[nH]1)C1CCCC1. The Bertz CT molecular complexity index is 852. The van der Waals surface area contributed by atoms with Crippen molar-refractivity contribution in [2.75, 3.05) is 13.2 Å². The third-order valence-electron chi connectivity index (χ3n) is 6.28. The lowest BCUT2D eigenvalue weighted by molar-refractivity contribution is -0.126. The molecule has 1 aliphatic carbocycles. The fourth-order valence-electron chi connectivity index (χ4n) is 4.58. The first-order chi connectivity index (χ1) is 14.6. The van der Waals surface area contributed by atoms with E-state index in [0.29, 0.717) is 12.2 Å². The summed E-state index contributed by atoms with van der Waals surface area (Å²) in [5.74, 6) is -0.218. The molecule has 2 heterocycles. The molecule has 0 bridgehead atoms. The Morgan fingerprint density at radius 2 is 1.87 bits per heavy atom. The first-order valence-corrected chi connectivity index (χ1v) is 11.1. The van der Waals surface area contributed by atoms with Crippen LogP contribution in [-0.2, 0) is 9.53 Å². The summed E-state index contributed by atoms with van der Waals surface area (Å²) in [6.45, 7) is 3.11. The van der Waals surface area contributed by atoms with Crippen molar-refractivity contribution >= 4 is 11.8 Å². The van der Waals surface area contributed by atoms with Crippen LogP contribution in [0.1, 0.15) is 55.9 Å². The first-order valence-electron chi connectivity index (χ1n) is 11.1. The number of carbonyl (C=O) groups excluding carboxylic acids is 2. The van der Waals surface area contributed by atoms with Gasteiger partial charge >= 0.3 is 0 Å². The summed E-state index contributed by atoms with van der Waals surface area (Å²) in [5, 5.41) is 3.00. The molecule has 1 aliphatic heterocycles. The van der Waals surface area contributed by atoms with Gasteiger partial charge in [-0.05, 0) is 50.3 Å². The number of ether oxygens (including phenoxy) is 1. The van der Waals surface area contributed by atoms with Gasteiger partial charge in [-0.25, -0.2) is 0 Å². The Hall–Kier alpha value is -2.60. The van der Waals surface area contributed by atoms with E-state index < -0.39 is 6.04 Å². The van der Waals surface area contributed by atoms with Crippen LogP contribution in [0.15, 0.2) is 42.5 Å². The molecule has 30 heavy (non-hydrogen) atoms. The van der Waals surface area contributed by atoms with Crippen LogP contribution in [0, 0.1) is 0 Å². The van der Waals surface area contributed by atoms with E-state index in [1.807, 2.05) is 49.4 Å². The Labute approximate surface area is 178 Å². The highest BCUT2D eigenvalue weighted by Crippen LogP contribution is 2.28. The van der Waals surface area contributed by atoms with Gasteiger partial charge in [-0.3, -0.25) is 9.59 Å². The third-order valence-corrected chi connectivity index (χ3v) is 6.28. The molecule has 2 N–H and O–H groups in total. The monoisotopic (exact) mass is 409 g/mol. The third kappa shape index (κ3) is 4.59. The van der Waals surface area contributed by atoms with Gasteiger partial charge in [0.1, 0.15) is 11.7 Å². The van der Waals surface area contributed by atoms with Gasteiger partial charge in [0.25, 0.3) is 5.91 Å². The zero-order chi connectivity index (χ0) is 20.9. The number of nitrogens with one attached hydrogen (secondary N) is 2. The highest BCUT2D eigenvalue weighted by molar-refractivity contribution is 5.97. The number of H-pyrrole nitrogens is 1. The van der Waals surface area contributed by atoms with Gasteiger partial charge in [0.15, 0.2) is 0 Å². The normalized spacial score (nSPS) is 20.2. The van der Waals surface area contributed by atoms with E-state index in [4.69, 9.17) is 4.74 Å². The van der Waals surface area contributed by atoms with Crippen LogP contribution in [0.5, 0.6) is 0 Å². The lowest BCUT2D eigenvalue weighted by Gasteiger charge is -2.33. The van der Waals surface area contributed by atoms with E-state index in [9.17, 15) is 9.59 Å². The Balaban J connectivity index is 1.49. The number of hydrogen-bond acceptors (Lipinski definition) is 3. The molecule has 4 rings (SSSR count). The Morgan fingerprint density at radius 3 is 2.57 bits per heavy atom. The molecule has 0 radical (unpaired) electrons. The van der Waals surface area contributed by atoms with Crippen LogP contribution in [0.3, 0.4) is 0 Å². The summed E-state index contributed by atoms with van der Waals surface area (Å²) < 4.78 is 5.60. The van der Waals surface area contributed by atoms with Crippen molar-refractivity contribution in [2.24, 2.45) is 0 Å². The second-order valence-corrected chi connectivity index (χ2v) is 8.36. The molecule has 6 heteroatoms. The molecule has 2 amide bonds. The molecular formula is C24H31N3O3. The standard InChI is InChI=1S/C24H31N3O3/c1-17(23(28)25-16-20-12-7-15-30-20)27(19-10-5-6-11-19)24(29)22-14-13-21(26-22)18-8-3-2-4-9-18/h2-4,8-9,13-14,17,19-20,26H,5-7,10-12,15-16H2,1H3,(H,25,28)/t17-,20-/m1/s1. The molecule has 1 aromatic heterocycles. The largest absolute Gasteiger partial charge is 0.376 e. The molecular weight excluding hydrogens is 378 g/mol. The smallest absolute Gasteiger partial charge is 0.271 e. The number of carbonyl (C=O) groups is 2. The fourth-order valence-corrected chi connectivity index (χ4v) is 4.58. The van der Waals surface area contributed by atoms with Gasteiger partial charge in [-0.1, -0.05) is 43.2 Å². The molecule has 0 unspecified atom stereocenters. The predicted octanol–water partition coefficient (Wildman–Crippen LogP) is 3.75. The second kappa shape index (κ2) is 9.47. The van der Waals surface area contributed by atoms with Crippen LogP contribution >= 0.6 is 0 Å². The molecule has 0 spiro atoms. The fraction of sp³-hybridized carbons (Fsp3) is 0.500. The van der Waals surface area contributed by atoms with Crippen LogP contribution in [0.25, 0.3) is 11.3 Å². The van der Waals surface area contributed by atoms with Crippen molar-refractivity contribution < 1.29 is 14.3 Å². The van der Waals surface area contributed by atoms with E-state index in [1.54, 1.807) is 4.90 Å². The average Bonchev–Trinajstić information content (AvgIpc) is 3.55. The van der Waals surface area contributed by atoms with Crippen molar-refractivity contribution in [3.05, 3.63) is 48.2 Å². The number of aromatic amines is 1. The minimum Gasteiger partial charge on any atom is -0.376 e. The van der Waals surface area contributed by atoms with Crippen molar-refractivity contribution in [1.82, 2.24) is 15.2 Å². The summed E-state index contributed by atoms with van der Waals surface area (Å²) in [7, 11) is 0. The Morgan fingerprint density at radius 1 is 1.10 bits per heavy atom. The van der Waals surface area contributed by atoms with Gasteiger partial charge in [0.05, 0.1) is 6.10 Å². The van der Waals surface area contributed by atoms with Gasteiger partial charge < -0.3 is 19.9 Å². The number of aromatic nitrogens is 1. The zero-order valence-electron chi connectivity index (χ0n) is 17.6. The van der Waals surface area contributed by atoms with Crippen molar-refractivity contribution in [3.63, 3.8) is 0 Å². The Kier molecular flexibility index (Phi) is 6.53. The maximum absolute atomic E-state index is 13.5. The molecule has 2 fully saturated rings. The molecule has 160 valence electrons. The summed E-state index contributed by atoms with van der Waals surface area (Å²) in [6.07, 6.45) is 6.19. The van der Waals surface area contributed by atoms with E-state index >= 15 is 0 Å². The molecule has 1 saturated heterocycles. The minimum atomic E-state index is -0.523. The number of rotatable bonds is 7. The van der Waals surface area contributed by atoms with E-state index in [-0.39, 0.29) is 24.0 Å². The average molecular weight is 410 g/mol. The molecule has 2 atom stereocenters. The van der Waals surface area contributed by atoms with E-state index in [0.717, 1.165) is 56.4 Å². The first kappa shape index (κ1) is 20.7. The highest BCUT2D eigenvalue weighted by Gasteiger charge is 2.35. The molecule has 6 nitrogen and oxygen atoms in total. The second-order valence-electron chi connectivity index (χ2n) is 8.36. The van der Waals surface area contributed by atoms with Crippen molar-refractivity contribution in [3.8, 4) is 11.3 Å². The topological polar surface area (TPSA) is 74.4 Å². The predicted molar refractivity (Wildman–Crippen MR) is 116 cm³/mol. The maximum atomic E-state index is 13.5. The van der Waals surface area contributed by atoms with Crippen molar-refractivity contribution in [1.29, 1.82) is 0 Å². The molecule has 1 aromatic carbocycles. The van der Waals surface area contributed by atoms with Crippen LogP contribution in [0.2, 0.25) is 0 Å². The van der Waals surface area contributed by atoms with Gasteiger partial charge in [-0.2, -0.15) is 0 Å². The summed E-state index contributed by atoms with van der Waals surface area (Å²) in [4.78, 5) is 31.4. The summed E-state index contributed by atoms with van der Waals surface area (Å²) >= 11 is 0. The van der Waals surface area contributed by atoms with Gasteiger partial charge in [-0.15, -0.1) is 0 Å². The van der Waals surface area contributed by atoms with Crippen LogP contribution in [0.4, 0.5) is 0 Å². The molecule has 1 saturated carbocycles. The van der Waals surface area contributed by atoms with Crippen molar-refractivity contribution in [2.45, 2.75) is 63.6 Å². The minimum absolute atomic E-state index is 0.0913. The number of hydrogen-bond donors (Lipinski definition) is 2. The van der Waals surface area contributed by atoms with Gasteiger partial charge in [0, 0.05) is 24.9 Å². The van der Waals surface area contributed by atoms with Crippen LogP contribution < -0.4 is 5.32 Å². The lowest BCUT2D eigenvalue weighted by Crippen LogP contribution is -2.52. The summed E-state index contributed by atoms with van der Waals surface area (Å²) in [5.41, 5.74) is 2.46. The van der Waals surface area contributed by atoms with Gasteiger partial charge in [0.2, 0.25) is 5.91 Å². The maximum Gasteiger partial charge on any atom is 0.271 e. The van der Waals surface area contributed by atoms with E-state index in [1.165, 1.54) is 0 Å². The summed E-state index contributed by atoms with van der Waals surface area (Å²) in [6, 6.07) is 13.3. The number of amides is 2. The van der Waals surface area contributed by atoms with E-state index in [2.05, 4.69) is 10.3 Å². The number of nitrogens with zero attached hydrogens (tertiary/aromatic N) is 1. The lowest BCUT2D eigenvalue weighted by atomic mass is 10.1. The highest BCUT2D eigenvalue weighted by atomic mass is 16.5. The quantitative estimate of drug-likeness (QED) is 0.731. The molecule has 2 aromatic rings. The molecule has 2 aliphatic rings. The zero-order valence-corrected chi connectivity index (χ0v) is 17.6. The van der Waals surface area contributed by atoms with Crippen LogP contribution in [-0.4, -0.2) is 53.0 Å².